The van der Waals surface area contributed by atoms with E-state index in [1.807, 2.05) is 30.5 Å². The number of hydrogen-bond acceptors (Lipinski definition) is 2. The third-order valence-electron chi connectivity index (χ3n) is 3.23. The zero-order chi connectivity index (χ0) is 11.7. The average molecular weight is 266 g/mol. The summed E-state index contributed by atoms with van der Waals surface area (Å²) in [5.41, 5.74) is 1.92. The fourth-order valence-electron chi connectivity index (χ4n) is 2.32. The second-order valence-electron chi connectivity index (χ2n) is 4.38. The number of aromatic nitrogens is 1. The largest absolute Gasteiger partial charge is 0.361 e. The number of fused-ring (bicyclic) bond motifs is 1. The van der Waals surface area contributed by atoms with Crippen molar-refractivity contribution in [2.45, 2.75) is 18.9 Å². The number of hydrogen-bond donors (Lipinski definition) is 3. The molecule has 3 rings (SSSR count). The van der Waals surface area contributed by atoms with E-state index in [1.54, 1.807) is 0 Å². The molecule has 1 aromatic heterocycles. The summed E-state index contributed by atoms with van der Waals surface area (Å²) in [5.74, 6) is 0.0659. The van der Waals surface area contributed by atoms with Crippen LogP contribution in [0.5, 0.6) is 0 Å². The Morgan fingerprint density at radius 1 is 1.33 bits per heavy atom. The summed E-state index contributed by atoms with van der Waals surface area (Å²) in [6, 6.07) is 7.81. The van der Waals surface area contributed by atoms with Crippen molar-refractivity contribution < 1.29 is 4.79 Å². The predicted octanol–water partition coefficient (Wildman–Crippen LogP) is 2.28. The van der Waals surface area contributed by atoms with Gasteiger partial charge in [0.2, 0.25) is 5.91 Å². The molecule has 0 saturated carbocycles. The van der Waals surface area contributed by atoms with Gasteiger partial charge in [-0.25, -0.2) is 0 Å². The molecule has 4 nitrogen and oxygen atoms in total. The van der Waals surface area contributed by atoms with Gasteiger partial charge in [0, 0.05) is 17.1 Å². The first-order valence-electron chi connectivity index (χ1n) is 5.95. The topological polar surface area (TPSA) is 56.9 Å². The van der Waals surface area contributed by atoms with Gasteiger partial charge in [0.1, 0.15) is 0 Å². The first kappa shape index (κ1) is 12.9. The minimum Gasteiger partial charge on any atom is -0.361 e. The molecule has 1 fully saturated rings. The number of H-pyrrole nitrogens is 1. The Hall–Kier alpha value is -1.52. The van der Waals surface area contributed by atoms with E-state index < -0.39 is 0 Å². The van der Waals surface area contributed by atoms with Gasteiger partial charge in [0.15, 0.2) is 0 Å². The molecule has 0 aliphatic carbocycles. The molecule has 2 heterocycles. The third-order valence-corrected chi connectivity index (χ3v) is 3.23. The van der Waals surface area contributed by atoms with Gasteiger partial charge in [-0.1, -0.05) is 6.07 Å². The lowest BCUT2D eigenvalue weighted by Gasteiger charge is -2.11. The molecule has 1 unspecified atom stereocenters. The minimum absolute atomic E-state index is 0. The van der Waals surface area contributed by atoms with Gasteiger partial charge >= 0.3 is 0 Å². The van der Waals surface area contributed by atoms with E-state index in [2.05, 4.69) is 15.6 Å². The van der Waals surface area contributed by atoms with Crippen LogP contribution in [-0.4, -0.2) is 23.5 Å². The van der Waals surface area contributed by atoms with E-state index in [1.165, 1.54) is 0 Å². The van der Waals surface area contributed by atoms with E-state index >= 15 is 0 Å². The molecule has 18 heavy (non-hydrogen) atoms. The number of benzene rings is 1. The maximum atomic E-state index is 12.0. The van der Waals surface area contributed by atoms with Gasteiger partial charge < -0.3 is 15.6 Å². The molecule has 0 bridgehead atoms. The summed E-state index contributed by atoms with van der Waals surface area (Å²) in [5, 5.41) is 7.24. The fourth-order valence-corrected chi connectivity index (χ4v) is 2.32. The monoisotopic (exact) mass is 265 g/mol. The summed E-state index contributed by atoms with van der Waals surface area (Å²) in [6.07, 6.45) is 3.88. The first-order chi connectivity index (χ1) is 8.34. The van der Waals surface area contributed by atoms with Gasteiger partial charge in [-0.2, -0.15) is 0 Å². The van der Waals surface area contributed by atoms with Crippen LogP contribution in [0.15, 0.2) is 30.5 Å². The molecule has 1 saturated heterocycles. The minimum atomic E-state index is -0.0378. The van der Waals surface area contributed by atoms with Gasteiger partial charge in [0.25, 0.3) is 0 Å². The van der Waals surface area contributed by atoms with Crippen LogP contribution in [0.25, 0.3) is 10.9 Å². The van der Waals surface area contributed by atoms with E-state index in [0.29, 0.717) is 0 Å². The lowest BCUT2D eigenvalue weighted by molar-refractivity contribution is -0.117. The van der Waals surface area contributed by atoms with Gasteiger partial charge in [-0.05, 0) is 37.6 Å². The number of carbonyl (C=O) groups is 1. The quantitative estimate of drug-likeness (QED) is 0.780. The molecular weight excluding hydrogens is 250 g/mol. The Morgan fingerprint density at radius 2 is 2.22 bits per heavy atom. The molecule has 5 heteroatoms. The number of aromatic amines is 1. The Morgan fingerprint density at radius 3 is 3.00 bits per heavy atom. The highest BCUT2D eigenvalue weighted by atomic mass is 35.5. The molecule has 1 atom stereocenters. The standard InChI is InChI=1S/C13H15N3O.ClH/c17-13(12-5-2-7-14-12)16-11-4-1-3-10-9(11)6-8-15-10;/h1,3-4,6,8,12,14-15H,2,5,7H2,(H,16,17);1H. The van der Waals surface area contributed by atoms with Gasteiger partial charge in [-0.3, -0.25) is 4.79 Å². The Labute approximate surface area is 112 Å². The second-order valence-corrected chi connectivity index (χ2v) is 4.38. The van der Waals surface area contributed by atoms with Gasteiger partial charge in [-0.15, -0.1) is 12.4 Å². The van der Waals surface area contributed by atoms with Crippen molar-refractivity contribution in [2.24, 2.45) is 0 Å². The maximum Gasteiger partial charge on any atom is 0.241 e. The van der Waals surface area contributed by atoms with Crippen molar-refractivity contribution in [2.75, 3.05) is 11.9 Å². The summed E-state index contributed by atoms with van der Waals surface area (Å²) >= 11 is 0. The highest BCUT2D eigenvalue weighted by molar-refractivity contribution is 6.03. The lowest BCUT2D eigenvalue weighted by Crippen LogP contribution is -2.35. The van der Waals surface area contributed by atoms with E-state index in [9.17, 15) is 4.79 Å². The molecule has 1 amide bonds. The zero-order valence-electron chi connectivity index (χ0n) is 9.90. The lowest BCUT2D eigenvalue weighted by atomic mass is 10.2. The van der Waals surface area contributed by atoms with E-state index in [4.69, 9.17) is 0 Å². The van der Waals surface area contributed by atoms with Crippen molar-refractivity contribution in [1.29, 1.82) is 0 Å². The SMILES string of the molecule is Cl.O=C(Nc1cccc2[nH]ccc12)C1CCCN1. The number of amides is 1. The molecule has 1 aromatic carbocycles. The highest BCUT2D eigenvalue weighted by Gasteiger charge is 2.22. The van der Waals surface area contributed by atoms with Crippen LogP contribution in [0.3, 0.4) is 0 Å². The third kappa shape index (κ3) is 2.35. The van der Waals surface area contributed by atoms with Crippen molar-refractivity contribution in [3.63, 3.8) is 0 Å². The molecule has 1 aliphatic rings. The Bertz CT molecular complexity index is 546. The molecule has 96 valence electrons. The maximum absolute atomic E-state index is 12.0. The number of carbonyl (C=O) groups excluding carboxylic acids is 1. The molecule has 3 N–H and O–H groups in total. The highest BCUT2D eigenvalue weighted by Crippen LogP contribution is 2.22. The number of nitrogens with one attached hydrogen (secondary N) is 3. The summed E-state index contributed by atoms with van der Waals surface area (Å²) < 4.78 is 0. The summed E-state index contributed by atoms with van der Waals surface area (Å²) in [6.45, 7) is 0.937. The van der Waals surface area contributed by atoms with Crippen LogP contribution in [0.4, 0.5) is 5.69 Å². The van der Waals surface area contributed by atoms with Gasteiger partial charge in [0.05, 0.1) is 11.7 Å². The van der Waals surface area contributed by atoms with Crippen molar-refractivity contribution >= 4 is 34.9 Å². The molecule has 0 radical (unpaired) electrons. The van der Waals surface area contributed by atoms with Crippen LogP contribution in [-0.2, 0) is 4.79 Å². The molecular formula is C13H16ClN3O. The van der Waals surface area contributed by atoms with Crippen LogP contribution in [0.2, 0.25) is 0 Å². The smallest absolute Gasteiger partial charge is 0.241 e. The van der Waals surface area contributed by atoms with Crippen molar-refractivity contribution in [3.8, 4) is 0 Å². The average Bonchev–Trinajstić information content (AvgIpc) is 3.00. The summed E-state index contributed by atoms with van der Waals surface area (Å²) in [7, 11) is 0. The molecule has 0 spiro atoms. The van der Waals surface area contributed by atoms with Crippen LogP contribution >= 0.6 is 12.4 Å². The van der Waals surface area contributed by atoms with Crippen molar-refractivity contribution in [3.05, 3.63) is 30.5 Å². The van der Waals surface area contributed by atoms with Crippen LogP contribution < -0.4 is 10.6 Å². The normalized spacial score (nSPS) is 18.6. The predicted molar refractivity (Wildman–Crippen MR) is 75.2 cm³/mol. The molecule has 1 aliphatic heterocycles. The van der Waals surface area contributed by atoms with Crippen LogP contribution in [0.1, 0.15) is 12.8 Å². The Kier molecular flexibility index (Phi) is 3.89. The fraction of sp³-hybridized carbons (Fsp3) is 0.308. The van der Waals surface area contributed by atoms with E-state index in [0.717, 1.165) is 36.0 Å². The number of rotatable bonds is 2. The zero-order valence-corrected chi connectivity index (χ0v) is 10.7. The molecule has 2 aromatic rings. The number of anilines is 1. The first-order valence-corrected chi connectivity index (χ1v) is 5.95. The Balaban J connectivity index is 0.00000120. The summed E-state index contributed by atoms with van der Waals surface area (Å²) in [4.78, 5) is 15.1. The van der Waals surface area contributed by atoms with Crippen molar-refractivity contribution in [1.82, 2.24) is 10.3 Å². The second kappa shape index (κ2) is 5.42. The number of halogens is 1. The van der Waals surface area contributed by atoms with Crippen LogP contribution in [0, 0.1) is 0 Å². The van der Waals surface area contributed by atoms with E-state index in [-0.39, 0.29) is 24.4 Å².